The summed E-state index contributed by atoms with van der Waals surface area (Å²) in [7, 11) is 0. The number of carboxylic acids is 1. The predicted octanol–water partition coefficient (Wildman–Crippen LogP) is 3.32. The van der Waals surface area contributed by atoms with Crippen LogP contribution in [0.4, 0.5) is 4.39 Å². The van der Waals surface area contributed by atoms with E-state index in [0.717, 1.165) is 11.3 Å². The number of hydrogen-bond donors (Lipinski definition) is 1. The van der Waals surface area contributed by atoms with Gasteiger partial charge < -0.3 is 9.67 Å². The Morgan fingerprint density at radius 2 is 2.06 bits per heavy atom. The van der Waals surface area contributed by atoms with Crippen LogP contribution in [0.1, 0.15) is 23.0 Å². The van der Waals surface area contributed by atoms with Gasteiger partial charge in [-0.2, -0.15) is 0 Å². The van der Waals surface area contributed by atoms with Crippen molar-refractivity contribution in [1.29, 1.82) is 0 Å². The van der Waals surface area contributed by atoms with Crippen LogP contribution in [0.15, 0.2) is 30.3 Å². The summed E-state index contributed by atoms with van der Waals surface area (Å²) >= 11 is 0. The molecular formula is C14H14FNO2. The fourth-order valence-corrected chi connectivity index (χ4v) is 2.12. The average molecular weight is 247 g/mol. The Morgan fingerprint density at radius 3 is 2.67 bits per heavy atom. The summed E-state index contributed by atoms with van der Waals surface area (Å²) in [5, 5.41) is 9.09. The van der Waals surface area contributed by atoms with Crippen LogP contribution in [-0.4, -0.2) is 15.6 Å². The molecule has 0 aliphatic rings. The van der Waals surface area contributed by atoms with Gasteiger partial charge in [0.2, 0.25) is 0 Å². The van der Waals surface area contributed by atoms with Gasteiger partial charge in [-0.05, 0) is 37.6 Å². The van der Waals surface area contributed by atoms with E-state index in [1.165, 1.54) is 6.07 Å². The molecule has 1 heterocycles. The number of carboxylic acid groups (broad SMARTS) is 1. The minimum Gasteiger partial charge on any atom is -0.477 e. The molecule has 3 nitrogen and oxygen atoms in total. The Bertz CT molecular complexity index is 602. The van der Waals surface area contributed by atoms with Gasteiger partial charge in [-0.15, -0.1) is 0 Å². The van der Waals surface area contributed by atoms with Crippen LogP contribution in [-0.2, 0) is 6.54 Å². The fourth-order valence-electron chi connectivity index (χ4n) is 2.12. The van der Waals surface area contributed by atoms with Crippen molar-refractivity contribution in [1.82, 2.24) is 4.57 Å². The van der Waals surface area contributed by atoms with E-state index in [9.17, 15) is 9.18 Å². The maximum atomic E-state index is 13.5. The van der Waals surface area contributed by atoms with Crippen molar-refractivity contribution in [2.24, 2.45) is 0 Å². The predicted molar refractivity (Wildman–Crippen MR) is 67.2 cm³/mol. The number of hydrogen-bond acceptors (Lipinski definition) is 1. The number of aromatic nitrogens is 1. The Balaban J connectivity index is 2.65. The molecule has 0 amide bonds. The van der Waals surface area contributed by atoms with Gasteiger partial charge in [0.1, 0.15) is 11.5 Å². The molecule has 4 heteroatoms. The van der Waals surface area contributed by atoms with E-state index in [-0.39, 0.29) is 11.5 Å². The molecule has 0 aliphatic carbocycles. The molecule has 0 bridgehead atoms. The number of benzene rings is 1. The SMILES string of the molecule is CCn1c(C(=O)O)ccc1-c1cccc(F)c1C. The molecule has 1 N–H and O–H groups in total. The van der Waals surface area contributed by atoms with Crippen LogP contribution < -0.4 is 0 Å². The van der Waals surface area contributed by atoms with E-state index in [1.54, 1.807) is 35.8 Å². The van der Waals surface area contributed by atoms with Gasteiger partial charge in [-0.1, -0.05) is 12.1 Å². The summed E-state index contributed by atoms with van der Waals surface area (Å²) in [6.45, 7) is 4.09. The first kappa shape index (κ1) is 12.4. The molecule has 0 spiro atoms. The van der Waals surface area contributed by atoms with E-state index in [4.69, 9.17) is 5.11 Å². The summed E-state index contributed by atoms with van der Waals surface area (Å²) in [5.74, 6) is -1.26. The highest BCUT2D eigenvalue weighted by atomic mass is 19.1. The molecule has 0 saturated heterocycles. The van der Waals surface area contributed by atoms with Crippen molar-refractivity contribution in [3.8, 4) is 11.3 Å². The molecule has 18 heavy (non-hydrogen) atoms. The largest absolute Gasteiger partial charge is 0.477 e. The summed E-state index contributed by atoms with van der Waals surface area (Å²) < 4.78 is 15.2. The lowest BCUT2D eigenvalue weighted by Crippen LogP contribution is -2.08. The molecule has 0 unspecified atom stereocenters. The molecule has 1 aromatic heterocycles. The maximum Gasteiger partial charge on any atom is 0.352 e. The van der Waals surface area contributed by atoms with Crippen molar-refractivity contribution in [3.63, 3.8) is 0 Å². The second-order valence-electron chi connectivity index (χ2n) is 4.07. The molecule has 0 atom stereocenters. The molecule has 2 rings (SSSR count). The highest BCUT2D eigenvalue weighted by Gasteiger charge is 2.15. The molecule has 0 saturated carbocycles. The highest BCUT2D eigenvalue weighted by Crippen LogP contribution is 2.27. The van der Waals surface area contributed by atoms with Gasteiger partial charge in [0.05, 0.1) is 0 Å². The lowest BCUT2D eigenvalue weighted by molar-refractivity contribution is 0.0685. The van der Waals surface area contributed by atoms with Gasteiger partial charge in [0.25, 0.3) is 0 Å². The quantitative estimate of drug-likeness (QED) is 0.904. The summed E-state index contributed by atoms with van der Waals surface area (Å²) in [4.78, 5) is 11.1. The summed E-state index contributed by atoms with van der Waals surface area (Å²) in [6, 6.07) is 8.09. The van der Waals surface area contributed by atoms with E-state index in [0.29, 0.717) is 12.1 Å². The standard InChI is InChI=1S/C14H14FNO2/c1-3-16-12(7-8-13(16)14(17)18)10-5-4-6-11(15)9(10)2/h4-8H,3H2,1-2H3,(H,17,18). The maximum absolute atomic E-state index is 13.5. The van der Waals surface area contributed by atoms with Crippen molar-refractivity contribution < 1.29 is 14.3 Å². The van der Waals surface area contributed by atoms with Gasteiger partial charge in [0.15, 0.2) is 0 Å². The van der Waals surface area contributed by atoms with E-state index in [1.807, 2.05) is 6.92 Å². The van der Waals surface area contributed by atoms with Crippen molar-refractivity contribution in [2.75, 3.05) is 0 Å². The number of rotatable bonds is 3. The van der Waals surface area contributed by atoms with E-state index < -0.39 is 5.97 Å². The second kappa shape index (κ2) is 4.64. The lowest BCUT2D eigenvalue weighted by atomic mass is 10.1. The zero-order valence-corrected chi connectivity index (χ0v) is 10.3. The summed E-state index contributed by atoms with van der Waals surface area (Å²) in [5.41, 5.74) is 2.20. The van der Waals surface area contributed by atoms with Crippen LogP contribution in [0.2, 0.25) is 0 Å². The first-order valence-electron chi connectivity index (χ1n) is 5.74. The molecule has 2 aromatic rings. The van der Waals surface area contributed by atoms with E-state index in [2.05, 4.69) is 0 Å². The summed E-state index contributed by atoms with van der Waals surface area (Å²) in [6.07, 6.45) is 0. The van der Waals surface area contributed by atoms with Crippen LogP contribution in [0.25, 0.3) is 11.3 Å². The molecular weight excluding hydrogens is 233 g/mol. The van der Waals surface area contributed by atoms with Crippen molar-refractivity contribution in [2.45, 2.75) is 20.4 Å². The van der Waals surface area contributed by atoms with Gasteiger partial charge in [-0.3, -0.25) is 0 Å². The number of nitrogens with zero attached hydrogens (tertiary/aromatic N) is 1. The zero-order chi connectivity index (χ0) is 13.3. The Morgan fingerprint density at radius 1 is 1.33 bits per heavy atom. The third kappa shape index (κ3) is 1.90. The molecule has 0 fully saturated rings. The number of aromatic carboxylic acids is 1. The molecule has 94 valence electrons. The van der Waals surface area contributed by atoms with Crippen LogP contribution >= 0.6 is 0 Å². The van der Waals surface area contributed by atoms with Gasteiger partial charge >= 0.3 is 5.97 Å². The monoisotopic (exact) mass is 247 g/mol. The first-order chi connectivity index (χ1) is 8.56. The molecule has 0 radical (unpaired) electrons. The highest BCUT2D eigenvalue weighted by molar-refractivity contribution is 5.87. The Hall–Kier alpha value is -2.10. The van der Waals surface area contributed by atoms with Gasteiger partial charge in [-0.25, -0.2) is 9.18 Å². The first-order valence-corrected chi connectivity index (χ1v) is 5.74. The average Bonchev–Trinajstić information content (AvgIpc) is 2.76. The van der Waals surface area contributed by atoms with Crippen LogP contribution in [0, 0.1) is 12.7 Å². The lowest BCUT2D eigenvalue weighted by Gasteiger charge is -2.11. The Kier molecular flexibility index (Phi) is 3.19. The van der Waals surface area contributed by atoms with E-state index >= 15 is 0 Å². The third-order valence-corrected chi connectivity index (χ3v) is 3.06. The normalized spacial score (nSPS) is 10.6. The zero-order valence-electron chi connectivity index (χ0n) is 10.3. The number of halogens is 1. The van der Waals surface area contributed by atoms with Crippen LogP contribution in [0.5, 0.6) is 0 Å². The Labute approximate surface area is 104 Å². The molecule has 0 aliphatic heterocycles. The fraction of sp³-hybridized carbons (Fsp3) is 0.214. The topological polar surface area (TPSA) is 42.2 Å². The van der Waals surface area contributed by atoms with Crippen molar-refractivity contribution in [3.05, 3.63) is 47.4 Å². The minimum atomic E-state index is -0.975. The van der Waals surface area contributed by atoms with Crippen LogP contribution in [0.3, 0.4) is 0 Å². The molecule has 1 aromatic carbocycles. The third-order valence-electron chi connectivity index (χ3n) is 3.06. The second-order valence-corrected chi connectivity index (χ2v) is 4.07. The van der Waals surface area contributed by atoms with Gasteiger partial charge in [0, 0.05) is 17.8 Å². The number of carbonyl (C=O) groups is 1. The smallest absolute Gasteiger partial charge is 0.352 e. The van der Waals surface area contributed by atoms with Crippen molar-refractivity contribution >= 4 is 5.97 Å². The minimum absolute atomic E-state index is 0.219.